The van der Waals surface area contributed by atoms with Crippen LogP contribution in [0.4, 0.5) is 4.79 Å². The number of carbonyl (C=O) groups is 1. The van der Waals surface area contributed by atoms with E-state index in [0.717, 1.165) is 35.6 Å². The number of amides is 2. The molecule has 36 heavy (non-hydrogen) atoms. The summed E-state index contributed by atoms with van der Waals surface area (Å²) in [6, 6.07) is 20.8. The van der Waals surface area contributed by atoms with Crippen LogP contribution in [0.1, 0.15) is 37.8 Å². The van der Waals surface area contributed by atoms with Crippen molar-refractivity contribution in [3.05, 3.63) is 72.3 Å². The van der Waals surface area contributed by atoms with E-state index in [1.807, 2.05) is 30.0 Å². The second-order valence-corrected chi connectivity index (χ2v) is 11.9. The van der Waals surface area contributed by atoms with Gasteiger partial charge in [-0.1, -0.05) is 48.5 Å². The van der Waals surface area contributed by atoms with Gasteiger partial charge in [-0.15, -0.1) is 0 Å². The number of benzene rings is 3. The SMILES string of the molecule is COc1cccc(S(=O)(=O)N2CCC3(CCN(C(=O)NC(C)c4cccc5ccccc45)C3)CC2)c1. The van der Waals surface area contributed by atoms with E-state index in [0.29, 0.717) is 31.9 Å². The van der Waals surface area contributed by atoms with Crippen molar-refractivity contribution in [1.29, 1.82) is 0 Å². The van der Waals surface area contributed by atoms with Crippen LogP contribution >= 0.6 is 0 Å². The van der Waals surface area contributed by atoms with Crippen molar-refractivity contribution in [1.82, 2.24) is 14.5 Å². The molecule has 3 aromatic carbocycles. The lowest BCUT2D eigenvalue weighted by Crippen LogP contribution is -2.46. The van der Waals surface area contributed by atoms with Gasteiger partial charge in [0.1, 0.15) is 5.75 Å². The molecule has 190 valence electrons. The summed E-state index contributed by atoms with van der Waals surface area (Å²) < 4.78 is 33.1. The van der Waals surface area contributed by atoms with Gasteiger partial charge in [0.2, 0.25) is 10.0 Å². The third-order valence-corrected chi connectivity index (χ3v) is 9.71. The van der Waals surface area contributed by atoms with E-state index < -0.39 is 10.0 Å². The van der Waals surface area contributed by atoms with Gasteiger partial charge in [-0.3, -0.25) is 0 Å². The van der Waals surface area contributed by atoms with Crippen LogP contribution in [0.2, 0.25) is 0 Å². The van der Waals surface area contributed by atoms with Crippen molar-refractivity contribution in [2.45, 2.75) is 37.1 Å². The predicted molar refractivity (Wildman–Crippen MR) is 141 cm³/mol. The van der Waals surface area contributed by atoms with Crippen LogP contribution in [0, 0.1) is 5.41 Å². The minimum absolute atomic E-state index is 0.0274. The quantitative estimate of drug-likeness (QED) is 0.538. The number of ether oxygens (including phenoxy) is 1. The number of nitrogens with zero attached hydrogens (tertiary/aromatic N) is 2. The lowest BCUT2D eigenvalue weighted by molar-refractivity contribution is 0.154. The zero-order chi connectivity index (χ0) is 25.3. The Balaban J connectivity index is 1.21. The summed E-state index contributed by atoms with van der Waals surface area (Å²) in [5, 5.41) is 5.49. The van der Waals surface area contributed by atoms with Crippen molar-refractivity contribution >= 4 is 26.8 Å². The average Bonchev–Trinajstić information content (AvgIpc) is 3.32. The van der Waals surface area contributed by atoms with E-state index in [9.17, 15) is 13.2 Å². The molecule has 1 atom stereocenters. The highest BCUT2D eigenvalue weighted by Crippen LogP contribution is 2.41. The monoisotopic (exact) mass is 507 g/mol. The summed E-state index contributed by atoms with van der Waals surface area (Å²) >= 11 is 0. The lowest BCUT2D eigenvalue weighted by atomic mass is 9.78. The molecule has 8 heteroatoms. The first-order chi connectivity index (χ1) is 17.3. The van der Waals surface area contributed by atoms with E-state index in [1.165, 1.54) is 7.11 Å². The van der Waals surface area contributed by atoms with Crippen LogP contribution in [0.3, 0.4) is 0 Å². The van der Waals surface area contributed by atoms with E-state index in [2.05, 4.69) is 29.6 Å². The van der Waals surface area contributed by atoms with Gasteiger partial charge >= 0.3 is 6.03 Å². The molecule has 2 amide bonds. The minimum Gasteiger partial charge on any atom is -0.497 e. The highest BCUT2D eigenvalue weighted by Gasteiger charge is 2.44. The first-order valence-corrected chi connectivity index (χ1v) is 13.9. The van der Waals surface area contributed by atoms with E-state index in [-0.39, 0.29) is 22.4 Å². The number of methoxy groups -OCH3 is 1. The van der Waals surface area contributed by atoms with E-state index >= 15 is 0 Å². The number of piperidine rings is 1. The molecule has 0 saturated carbocycles. The lowest BCUT2D eigenvalue weighted by Gasteiger charge is -2.38. The second kappa shape index (κ2) is 9.75. The number of fused-ring (bicyclic) bond motifs is 1. The molecule has 1 spiro atoms. The molecule has 5 rings (SSSR count). The first kappa shape index (κ1) is 24.6. The summed E-state index contributed by atoms with van der Waals surface area (Å²) in [5.41, 5.74) is 1.08. The Morgan fingerprint density at radius 3 is 2.44 bits per heavy atom. The first-order valence-electron chi connectivity index (χ1n) is 12.5. The normalized spacial score (nSPS) is 18.9. The number of carbonyl (C=O) groups excluding carboxylic acids is 1. The summed E-state index contributed by atoms with van der Waals surface area (Å²) in [7, 11) is -2.05. The maximum absolute atomic E-state index is 13.2. The Morgan fingerprint density at radius 2 is 1.67 bits per heavy atom. The van der Waals surface area contributed by atoms with Crippen molar-refractivity contribution in [3.8, 4) is 5.75 Å². The number of hydrogen-bond acceptors (Lipinski definition) is 4. The average molecular weight is 508 g/mol. The molecule has 0 bridgehead atoms. The van der Waals surface area contributed by atoms with Crippen LogP contribution in [0.15, 0.2) is 71.6 Å². The summed E-state index contributed by atoms with van der Waals surface area (Å²) in [4.78, 5) is 15.3. The molecule has 1 N–H and O–H groups in total. The topological polar surface area (TPSA) is 79.0 Å². The molecule has 2 fully saturated rings. The smallest absolute Gasteiger partial charge is 0.317 e. The Hall–Kier alpha value is -3.10. The number of sulfonamides is 1. The minimum atomic E-state index is -3.57. The van der Waals surface area contributed by atoms with Crippen molar-refractivity contribution in [2.75, 3.05) is 33.3 Å². The van der Waals surface area contributed by atoms with Gasteiger partial charge in [-0.05, 0) is 60.1 Å². The fraction of sp³-hybridized carbons (Fsp3) is 0.393. The van der Waals surface area contributed by atoms with Gasteiger partial charge in [0.05, 0.1) is 18.0 Å². The molecule has 2 heterocycles. The summed E-state index contributed by atoms with van der Waals surface area (Å²) in [6.45, 7) is 4.29. The number of nitrogens with one attached hydrogen (secondary N) is 1. The Morgan fingerprint density at radius 1 is 0.972 bits per heavy atom. The van der Waals surface area contributed by atoms with Gasteiger partial charge in [-0.2, -0.15) is 4.31 Å². The van der Waals surface area contributed by atoms with Gasteiger partial charge in [-0.25, -0.2) is 13.2 Å². The zero-order valence-electron chi connectivity index (χ0n) is 20.8. The zero-order valence-corrected chi connectivity index (χ0v) is 21.6. The van der Waals surface area contributed by atoms with Gasteiger partial charge in [0.15, 0.2) is 0 Å². The summed E-state index contributed by atoms with van der Waals surface area (Å²) in [5.74, 6) is 0.528. The van der Waals surface area contributed by atoms with E-state index in [4.69, 9.17) is 4.74 Å². The van der Waals surface area contributed by atoms with Crippen molar-refractivity contribution < 1.29 is 17.9 Å². The molecule has 3 aromatic rings. The van der Waals surface area contributed by atoms with Crippen molar-refractivity contribution in [3.63, 3.8) is 0 Å². The molecule has 1 unspecified atom stereocenters. The van der Waals surface area contributed by atoms with Crippen LogP contribution in [-0.2, 0) is 10.0 Å². The molecule has 0 aromatic heterocycles. The molecule has 2 aliphatic heterocycles. The van der Waals surface area contributed by atoms with Gasteiger partial charge in [0.25, 0.3) is 0 Å². The molecular weight excluding hydrogens is 474 g/mol. The number of hydrogen-bond donors (Lipinski definition) is 1. The molecular formula is C28H33N3O4S. The van der Waals surface area contributed by atoms with Gasteiger partial charge < -0.3 is 15.0 Å². The van der Waals surface area contributed by atoms with E-state index in [1.54, 1.807) is 28.6 Å². The number of rotatable bonds is 5. The fourth-order valence-electron chi connectivity index (χ4n) is 5.61. The largest absolute Gasteiger partial charge is 0.497 e. The Bertz CT molecular complexity index is 1360. The van der Waals surface area contributed by atoms with Crippen LogP contribution < -0.4 is 10.1 Å². The molecule has 7 nitrogen and oxygen atoms in total. The third-order valence-electron chi connectivity index (χ3n) is 7.82. The number of urea groups is 1. The van der Waals surface area contributed by atoms with Crippen molar-refractivity contribution in [2.24, 2.45) is 5.41 Å². The maximum Gasteiger partial charge on any atom is 0.317 e. The molecule has 0 radical (unpaired) electrons. The fourth-order valence-corrected chi connectivity index (χ4v) is 7.09. The van der Waals surface area contributed by atoms with Crippen LogP contribution in [-0.4, -0.2) is 56.9 Å². The second-order valence-electron chi connectivity index (χ2n) is 9.99. The third kappa shape index (κ3) is 4.67. The standard InChI is InChI=1S/C28H33N3O4S/c1-21(25-12-5-8-22-7-3-4-11-26(22)25)29-27(32)30-16-13-28(20-30)14-17-31(18-15-28)36(33,34)24-10-6-9-23(19-24)35-2/h3-12,19,21H,13-18,20H2,1-2H3,(H,29,32). The highest BCUT2D eigenvalue weighted by molar-refractivity contribution is 7.89. The summed E-state index contributed by atoms with van der Waals surface area (Å²) in [6.07, 6.45) is 2.40. The molecule has 2 saturated heterocycles. The van der Waals surface area contributed by atoms with Crippen LogP contribution in [0.25, 0.3) is 10.8 Å². The van der Waals surface area contributed by atoms with Gasteiger partial charge in [0, 0.05) is 32.2 Å². The molecule has 2 aliphatic rings. The highest BCUT2D eigenvalue weighted by atomic mass is 32.2. The Labute approximate surface area is 213 Å². The predicted octanol–water partition coefficient (Wildman–Crippen LogP) is 4.80. The number of likely N-dealkylation sites (tertiary alicyclic amines) is 1. The maximum atomic E-state index is 13.2. The molecule has 0 aliphatic carbocycles. The van der Waals surface area contributed by atoms with Crippen LogP contribution in [0.5, 0.6) is 5.75 Å². The Kier molecular flexibility index (Phi) is 6.66.